The molecule has 0 saturated carbocycles. The molecule has 4 rings (SSSR count). The van der Waals surface area contributed by atoms with Gasteiger partial charge in [-0.05, 0) is 63.4 Å². The molecule has 0 spiro atoms. The lowest BCUT2D eigenvalue weighted by molar-refractivity contribution is -0.115. The number of ether oxygens (including phenoxy) is 1. The summed E-state index contributed by atoms with van der Waals surface area (Å²) in [7, 11) is 0. The van der Waals surface area contributed by atoms with Crippen molar-refractivity contribution in [3.8, 4) is 11.5 Å². The number of primary amides is 1. The molecular formula is C27H28FN5O3. The molecule has 0 bridgehead atoms. The van der Waals surface area contributed by atoms with Gasteiger partial charge in [0.2, 0.25) is 5.91 Å². The Morgan fingerprint density at radius 3 is 2.44 bits per heavy atom. The maximum Gasteiger partial charge on any atom is 0.251 e. The first-order valence-electron chi connectivity index (χ1n) is 11.4. The Balaban J connectivity index is 1.55. The number of benzene rings is 2. The van der Waals surface area contributed by atoms with E-state index in [4.69, 9.17) is 10.5 Å². The van der Waals surface area contributed by atoms with Gasteiger partial charge in [0.05, 0.1) is 34.9 Å². The molecule has 0 radical (unpaired) electrons. The first-order valence-corrected chi connectivity index (χ1v) is 11.4. The molecule has 2 aromatic carbocycles. The van der Waals surface area contributed by atoms with Crippen LogP contribution in [0.2, 0.25) is 0 Å². The highest BCUT2D eigenvalue weighted by Crippen LogP contribution is 2.34. The second-order valence-corrected chi connectivity index (χ2v) is 9.75. The number of amides is 2. The van der Waals surface area contributed by atoms with Gasteiger partial charge in [0.25, 0.3) is 5.91 Å². The molecule has 36 heavy (non-hydrogen) atoms. The SMILES string of the molecule is Cc1cc(CC(=O)Nc2cnn(C(C)(C)C)c2)cc(C)c1Oc1ccnc2cc(F)c(C(N)=O)cc12. The summed E-state index contributed by atoms with van der Waals surface area (Å²) in [6.45, 7) is 9.86. The molecule has 0 aliphatic heterocycles. The average Bonchev–Trinajstić information content (AvgIpc) is 3.24. The van der Waals surface area contributed by atoms with Gasteiger partial charge in [-0.1, -0.05) is 12.1 Å². The molecule has 4 aromatic rings. The van der Waals surface area contributed by atoms with Crippen molar-refractivity contribution in [2.45, 2.75) is 46.6 Å². The monoisotopic (exact) mass is 489 g/mol. The molecule has 0 saturated heterocycles. The highest BCUT2D eigenvalue weighted by Gasteiger charge is 2.17. The number of pyridine rings is 1. The molecule has 0 atom stereocenters. The van der Waals surface area contributed by atoms with Crippen molar-refractivity contribution < 1.29 is 18.7 Å². The Hall–Kier alpha value is -4.27. The van der Waals surface area contributed by atoms with Gasteiger partial charge in [0, 0.05) is 23.8 Å². The summed E-state index contributed by atoms with van der Waals surface area (Å²) in [5.41, 5.74) is 8.34. The standard InChI is InChI=1S/C27H28FN5O3/c1-15-8-17(10-24(34)32-18-13-31-33(14-18)27(3,4)5)9-16(2)25(15)36-23-6-7-30-22-12-21(28)19(26(29)35)11-20(22)23/h6-9,11-14H,10H2,1-5H3,(H2,29,35)(H,32,34). The Morgan fingerprint density at radius 2 is 1.83 bits per heavy atom. The van der Waals surface area contributed by atoms with Crippen LogP contribution in [0.25, 0.3) is 10.9 Å². The third-order valence-electron chi connectivity index (χ3n) is 5.71. The first-order chi connectivity index (χ1) is 16.9. The van der Waals surface area contributed by atoms with Crippen LogP contribution in [0.1, 0.15) is 47.8 Å². The number of fused-ring (bicyclic) bond motifs is 1. The van der Waals surface area contributed by atoms with Crippen LogP contribution >= 0.6 is 0 Å². The molecule has 2 aromatic heterocycles. The van der Waals surface area contributed by atoms with Crippen LogP contribution in [0.4, 0.5) is 10.1 Å². The van der Waals surface area contributed by atoms with E-state index < -0.39 is 11.7 Å². The molecule has 9 heteroatoms. The van der Waals surface area contributed by atoms with Crippen molar-refractivity contribution in [1.29, 1.82) is 0 Å². The zero-order valence-electron chi connectivity index (χ0n) is 20.8. The highest BCUT2D eigenvalue weighted by atomic mass is 19.1. The highest BCUT2D eigenvalue weighted by molar-refractivity contribution is 5.98. The fraction of sp³-hybridized carbons (Fsp3) is 0.259. The lowest BCUT2D eigenvalue weighted by Gasteiger charge is -2.18. The number of hydrogen-bond acceptors (Lipinski definition) is 5. The Bertz CT molecular complexity index is 1460. The summed E-state index contributed by atoms with van der Waals surface area (Å²) in [5.74, 6) is -0.750. The number of nitrogens with one attached hydrogen (secondary N) is 1. The summed E-state index contributed by atoms with van der Waals surface area (Å²) in [6, 6.07) is 7.93. The van der Waals surface area contributed by atoms with Gasteiger partial charge in [-0.3, -0.25) is 19.3 Å². The van der Waals surface area contributed by atoms with Crippen molar-refractivity contribution in [1.82, 2.24) is 14.8 Å². The predicted octanol–water partition coefficient (Wildman–Crippen LogP) is 5.01. The lowest BCUT2D eigenvalue weighted by atomic mass is 10.0. The number of aryl methyl sites for hydroxylation is 2. The zero-order chi connectivity index (χ0) is 26.2. The summed E-state index contributed by atoms with van der Waals surface area (Å²) >= 11 is 0. The zero-order valence-corrected chi connectivity index (χ0v) is 20.8. The van der Waals surface area contributed by atoms with Crippen molar-refractivity contribution in [2.24, 2.45) is 5.73 Å². The molecule has 0 aliphatic rings. The van der Waals surface area contributed by atoms with E-state index >= 15 is 0 Å². The summed E-state index contributed by atoms with van der Waals surface area (Å²) < 4.78 is 22.2. The Morgan fingerprint density at radius 1 is 1.14 bits per heavy atom. The van der Waals surface area contributed by atoms with Crippen molar-refractivity contribution >= 4 is 28.4 Å². The van der Waals surface area contributed by atoms with Crippen LogP contribution in [0, 0.1) is 19.7 Å². The first kappa shape index (κ1) is 24.8. The number of halogens is 1. The van der Waals surface area contributed by atoms with E-state index in [1.54, 1.807) is 23.1 Å². The largest absolute Gasteiger partial charge is 0.456 e. The fourth-order valence-electron chi connectivity index (χ4n) is 3.98. The molecular weight excluding hydrogens is 461 g/mol. The second kappa shape index (κ2) is 9.41. The molecule has 8 nitrogen and oxygen atoms in total. The van der Waals surface area contributed by atoms with Crippen molar-refractivity contribution in [3.63, 3.8) is 0 Å². The smallest absolute Gasteiger partial charge is 0.251 e. The minimum absolute atomic E-state index is 0.155. The number of anilines is 1. The van der Waals surface area contributed by atoms with Gasteiger partial charge in [0.1, 0.15) is 17.3 Å². The third-order valence-corrected chi connectivity index (χ3v) is 5.71. The minimum Gasteiger partial charge on any atom is -0.456 e. The maximum absolute atomic E-state index is 14.2. The van der Waals surface area contributed by atoms with Gasteiger partial charge in [-0.25, -0.2) is 4.39 Å². The Kier molecular flexibility index (Phi) is 6.49. The van der Waals surface area contributed by atoms with E-state index in [9.17, 15) is 14.0 Å². The van der Waals surface area contributed by atoms with Crippen molar-refractivity contribution in [2.75, 3.05) is 5.32 Å². The Labute approximate surface area is 208 Å². The van der Waals surface area contributed by atoms with Gasteiger partial charge in [-0.15, -0.1) is 0 Å². The van der Waals surface area contributed by atoms with E-state index in [0.717, 1.165) is 22.8 Å². The molecule has 0 unspecified atom stereocenters. The van der Waals surface area contributed by atoms with Crippen molar-refractivity contribution in [3.05, 3.63) is 77.0 Å². The van der Waals surface area contributed by atoms with Gasteiger partial charge in [0.15, 0.2) is 0 Å². The third kappa shape index (κ3) is 5.19. The average molecular weight is 490 g/mol. The van der Waals surface area contributed by atoms with Gasteiger partial charge < -0.3 is 15.8 Å². The number of rotatable bonds is 6. The van der Waals surface area contributed by atoms with Crippen LogP contribution < -0.4 is 15.8 Å². The number of carbonyl (C=O) groups excluding carboxylic acids is 2. The number of nitrogens with two attached hydrogens (primary N) is 1. The van der Waals surface area contributed by atoms with Gasteiger partial charge in [-0.2, -0.15) is 5.10 Å². The summed E-state index contributed by atoms with van der Waals surface area (Å²) in [4.78, 5) is 28.4. The van der Waals surface area contributed by atoms with E-state index in [1.807, 2.05) is 46.8 Å². The maximum atomic E-state index is 14.2. The van der Waals surface area contributed by atoms with Crippen LogP contribution in [-0.4, -0.2) is 26.6 Å². The topological polar surface area (TPSA) is 112 Å². The van der Waals surface area contributed by atoms with Crippen LogP contribution in [0.3, 0.4) is 0 Å². The van der Waals surface area contributed by atoms with E-state index in [1.165, 1.54) is 12.3 Å². The van der Waals surface area contributed by atoms with E-state index in [-0.39, 0.29) is 23.4 Å². The van der Waals surface area contributed by atoms with Crippen LogP contribution in [0.5, 0.6) is 11.5 Å². The quantitative estimate of drug-likeness (QED) is 0.395. The molecule has 3 N–H and O–H groups in total. The van der Waals surface area contributed by atoms with Gasteiger partial charge >= 0.3 is 0 Å². The second-order valence-electron chi connectivity index (χ2n) is 9.75. The number of hydrogen-bond donors (Lipinski definition) is 2. The predicted molar refractivity (Wildman–Crippen MR) is 136 cm³/mol. The number of nitrogens with zero attached hydrogens (tertiary/aromatic N) is 3. The molecule has 2 amide bonds. The molecule has 186 valence electrons. The van der Waals surface area contributed by atoms with E-state index in [2.05, 4.69) is 15.4 Å². The van der Waals surface area contributed by atoms with Crippen LogP contribution in [-0.2, 0) is 16.8 Å². The molecule has 2 heterocycles. The molecule has 0 fully saturated rings. The van der Waals surface area contributed by atoms with E-state index in [0.29, 0.717) is 28.1 Å². The number of aromatic nitrogens is 3. The molecule has 0 aliphatic carbocycles. The summed E-state index contributed by atoms with van der Waals surface area (Å²) in [5, 5.41) is 7.65. The summed E-state index contributed by atoms with van der Waals surface area (Å²) in [6.07, 6.45) is 5.12. The number of carbonyl (C=O) groups is 2. The fourth-order valence-corrected chi connectivity index (χ4v) is 3.98. The van der Waals surface area contributed by atoms with Crippen LogP contribution in [0.15, 0.2) is 48.9 Å². The minimum atomic E-state index is -0.870. The normalized spacial score (nSPS) is 11.5. The lowest BCUT2D eigenvalue weighted by Crippen LogP contribution is -2.22.